The lowest BCUT2D eigenvalue weighted by Crippen LogP contribution is -2.46. The van der Waals surface area contributed by atoms with E-state index in [9.17, 15) is 4.79 Å². The summed E-state index contributed by atoms with van der Waals surface area (Å²) < 4.78 is 5.21. The number of hydrogen-bond acceptors (Lipinski definition) is 5. The van der Waals surface area contributed by atoms with Crippen LogP contribution >= 0.6 is 0 Å². The molecule has 2 fully saturated rings. The third-order valence-electron chi connectivity index (χ3n) is 6.73. The Morgan fingerprint density at radius 2 is 1.86 bits per heavy atom. The van der Waals surface area contributed by atoms with E-state index in [0.717, 1.165) is 64.2 Å². The Labute approximate surface area is 173 Å². The highest BCUT2D eigenvalue weighted by atomic mass is 16.5. The van der Waals surface area contributed by atoms with Gasteiger partial charge in [-0.1, -0.05) is 36.4 Å². The Hall–Kier alpha value is -2.24. The summed E-state index contributed by atoms with van der Waals surface area (Å²) in [6.07, 6.45) is 4.97. The lowest BCUT2D eigenvalue weighted by Gasteiger charge is -2.41. The maximum atomic E-state index is 12.6. The van der Waals surface area contributed by atoms with Gasteiger partial charge in [-0.05, 0) is 50.0 Å². The van der Waals surface area contributed by atoms with Crippen LogP contribution in [0.5, 0.6) is 0 Å². The van der Waals surface area contributed by atoms with Crippen molar-refractivity contribution >= 4 is 5.97 Å². The molecule has 1 unspecified atom stereocenters. The van der Waals surface area contributed by atoms with Crippen LogP contribution in [-0.4, -0.2) is 60.6 Å². The van der Waals surface area contributed by atoms with Gasteiger partial charge in [0.25, 0.3) is 0 Å². The molecule has 0 radical (unpaired) electrons. The Morgan fingerprint density at radius 3 is 2.55 bits per heavy atom. The predicted octanol–water partition coefficient (Wildman–Crippen LogP) is 3.01. The number of rotatable bonds is 6. The van der Waals surface area contributed by atoms with Crippen molar-refractivity contribution in [3.63, 3.8) is 0 Å². The molecule has 0 N–H and O–H groups in total. The van der Waals surface area contributed by atoms with Gasteiger partial charge in [-0.25, -0.2) is 0 Å². The van der Waals surface area contributed by atoms with E-state index in [1.807, 2.05) is 18.3 Å². The first kappa shape index (κ1) is 20.0. The minimum absolute atomic E-state index is 0.0136. The van der Waals surface area contributed by atoms with Crippen LogP contribution in [0.3, 0.4) is 0 Å². The molecule has 5 heteroatoms. The standard InChI is InChI=1S/C24H31N3O2/c1-29-23(28)22-18-27(14-10-20-7-3-2-4-8-20)19-24(22)11-15-26(16-12-24)17-21-9-5-6-13-25-21/h2-9,13,22H,10-12,14-19H2,1H3. The van der Waals surface area contributed by atoms with Gasteiger partial charge in [-0.3, -0.25) is 14.7 Å². The quantitative estimate of drug-likeness (QED) is 0.706. The first-order valence-corrected chi connectivity index (χ1v) is 10.6. The van der Waals surface area contributed by atoms with E-state index in [4.69, 9.17) is 4.74 Å². The zero-order valence-corrected chi connectivity index (χ0v) is 17.3. The number of methoxy groups -OCH3 is 1. The van der Waals surface area contributed by atoms with Crippen molar-refractivity contribution in [2.75, 3.05) is 39.8 Å². The number of carbonyl (C=O) groups excluding carboxylic acids is 1. The maximum absolute atomic E-state index is 12.6. The number of pyridine rings is 1. The summed E-state index contributed by atoms with van der Waals surface area (Å²) in [6.45, 7) is 5.72. The summed E-state index contributed by atoms with van der Waals surface area (Å²) in [5.41, 5.74) is 2.52. The fourth-order valence-corrected chi connectivity index (χ4v) is 5.02. The van der Waals surface area contributed by atoms with Crippen LogP contribution < -0.4 is 0 Å². The molecule has 1 aromatic carbocycles. The molecule has 1 aromatic heterocycles. The number of carbonyl (C=O) groups is 1. The van der Waals surface area contributed by atoms with Crippen LogP contribution in [0.4, 0.5) is 0 Å². The highest BCUT2D eigenvalue weighted by molar-refractivity contribution is 5.74. The maximum Gasteiger partial charge on any atom is 0.310 e. The van der Waals surface area contributed by atoms with Crippen molar-refractivity contribution < 1.29 is 9.53 Å². The molecular formula is C24H31N3O2. The summed E-state index contributed by atoms with van der Waals surface area (Å²) in [5, 5.41) is 0. The van der Waals surface area contributed by atoms with Crippen LogP contribution in [0.1, 0.15) is 24.1 Å². The van der Waals surface area contributed by atoms with Crippen LogP contribution in [0.15, 0.2) is 54.7 Å². The number of nitrogens with zero attached hydrogens (tertiary/aromatic N) is 3. The third-order valence-corrected chi connectivity index (χ3v) is 6.73. The van der Waals surface area contributed by atoms with E-state index in [1.165, 1.54) is 12.7 Å². The molecule has 0 bridgehead atoms. The second-order valence-electron chi connectivity index (χ2n) is 8.51. The largest absolute Gasteiger partial charge is 0.469 e. The van der Waals surface area contributed by atoms with Gasteiger partial charge in [0.2, 0.25) is 0 Å². The van der Waals surface area contributed by atoms with Crippen molar-refractivity contribution in [1.29, 1.82) is 0 Å². The summed E-state index contributed by atoms with van der Waals surface area (Å²) in [5.74, 6) is -0.0503. The number of benzene rings is 1. The molecule has 2 saturated heterocycles. The van der Waals surface area contributed by atoms with E-state index in [-0.39, 0.29) is 17.3 Å². The second-order valence-corrected chi connectivity index (χ2v) is 8.51. The average Bonchev–Trinajstić information content (AvgIpc) is 3.13. The molecule has 2 aromatic rings. The zero-order chi connectivity index (χ0) is 20.1. The number of hydrogen-bond donors (Lipinski definition) is 0. The molecule has 0 saturated carbocycles. The fourth-order valence-electron chi connectivity index (χ4n) is 5.02. The SMILES string of the molecule is COC(=O)C1CN(CCc2ccccc2)CC12CCN(Cc1ccccn1)CC2. The Balaban J connectivity index is 1.38. The van der Waals surface area contributed by atoms with Crippen molar-refractivity contribution in [3.8, 4) is 0 Å². The number of esters is 1. The van der Waals surface area contributed by atoms with Gasteiger partial charge >= 0.3 is 5.97 Å². The predicted molar refractivity (Wildman–Crippen MR) is 113 cm³/mol. The molecule has 5 nitrogen and oxygen atoms in total. The van der Waals surface area contributed by atoms with Gasteiger partial charge in [0, 0.05) is 37.8 Å². The van der Waals surface area contributed by atoms with Crippen LogP contribution in [0, 0.1) is 11.3 Å². The molecular weight excluding hydrogens is 362 g/mol. The first-order chi connectivity index (χ1) is 14.2. The number of ether oxygens (including phenoxy) is 1. The average molecular weight is 394 g/mol. The highest BCUT2D eigenvalue weighted by Crippen LogP contribution is 2.45. The molecule has 154 valence electrons. The number of aromatic nitrogens is 1. The van der Waals surface area contributed by atoms with Gasteiger partial charge < -0.3 is 9.64 Å². The topological polar surface area (TPSA) is 45.7 Å². The molecule has 2 aliphatic heterocycles. The minimum Gasteiger partial charge on any atom is -0.469 e. The van der Waals surface area contributed by atoms with Gasteiger partial charge in [0.1, 0.15) is 0 Å². The Bertz CT molecular complexity index is 788. The van der Waals surface area contributed by atoms with Crippen molar-refractivity contribution in [3.05, 3.63) is 66.0 Å². The smallest absolute Gasteiger partial charge is 0.310 e. The van der Waals surface area contributed by atoms with E-state index in [0.29, 0.717) is 0 Å². The molecule has 1 atom stereocenters. The lowest BCUT2D eigenvalue weighted by atomic mass is 9.71. The van der Waals surface area contributed by atoms with Crippen LogP contribution in [0.2, 0.25) is 0 Å². The van der Waals surface area contributed by atoms with Crippen LogP contribution in [-0.2, 0) is 22.5 Å². The van der Waals surface area contributed by atoms with E-state index in [2.05, 4.69) is 51.2 Å². The summed E-state index contributed by atoms with van der Waals surface area (Å²) >= 11 is 0. The Kier molecular flexibility index (Phi) is 6.26. The molecule has 4 rings (SSSR count). The van der Waals surface area contributed by atoms with Crippen molar-refractivity contribution in [2.24, 2.45) is 11.3 Å². The zero-order valence-electron chi connectivity index (χ0n) is 17.3. The lowest BCUT2D eigenvalue weighted by molar-refractivity contribution is -0.149. The van der Waals surface area contributed by atoms with Gasteiger partial charge in [-0.15, -0.1) is 0 Å². The van der Waals surface area contributed by atoms with E-state index < -0.39 is 0 Å². The molecule has 0 aliphatic carbocycles. The Morgan fingerprint density at radius 1 is 1.10 bits per heavy atom. The molecule has 0 amide bonds. The molecule has 29 heavy (non-hydrogen) atoms. The summed E-state index contributed by atoms with van der Waals surface area (Å²) in [4.78, 5) is 22.0. The summed E-state index contributed by atoms with van der Waals surface area (Å²) in [6, 6.07) is 16.7. The van der Waals surface area contributed by atoms with Gasteiger partial charge in [-0.2, -0.15) is 0 Å². The highest BCUT2D eigenvalue weighted by Gasteiger charge is 2.51. The van der Waals surface area contributed by atoms with Gasteiger partial charge in [0.15, 0.2) is 0 Å². The molecule has 1 spiro atoms. The molecule has 3 heterocycles. The number of likely N-dealkylation sites (tertiary alicyclic amines) is 2. The third kappa shape index (κ3) is 4.68. The van der Waals surface area contributed by atoms with Crippen LogP contribution in [0.25, 0.3) is 0 Å². The van der Waals surface area contributed by atoms with Gasteiger partial charge in [0.05, 0.1) is 18.7 Å². The van der Waals surface area contributed by atoms with Crippen molar-refractivity contribution in [2.45, 2.75) is 25.8 Å². The second kappa shape index (κ2) is 9.06. The first-order valence-electron chi connectivity index (χ1n) is 10.6. The fraction of sp³-hybridized carbons (Fsp3) is 0.500. The minimum atomic E-state index is -0.0367. The monoisotopic (exact) mass is 393 g/mol. The van der Waals surface area contributed by atoms with E-state index in [1.54, 1.807) is 0 Å². The number of piperidine rings is 1. The normalized spacial score (nSPS) is 22.0. The van der Waals surface area contributed by atoms with E-state index >= 15 is 0 Å². The molecule has 2 aliphatic rings. The van der Waals surface area contributed by atoms with Crippen molar-refractivity contribution in [1.82, 2.24) is 14.8 Å². The summed E-state index contributed by atoms with van der Waals surface area (Å²) in [7, 11) is 1.53.